The molecule has 1 aliphatic rings. The van der Waals surface area contributed by atoms with Gasteiger partial charge in [-0.25, -0.2) is 8.42 Å². The van der Waals surface area contributed by atoms with Crippen LogP contribution in [0.4, 0.5) is 0 Å². The number of nitrogens with zero attached hydrogens (tertiary/aromatic N) is 1. The van der Waals surface area contributed by atoms with E-state index >= 15 is 0 Å². The lowest BCUT2D eigenvalue weighted by atomic mass is 9.81. The molecule has 0 unspecified atom stereocenters. The summed E-state index contributed by atoms with van der Waals surface area (Å²) in [4.78, 5) is 2.17. The van der Waals surface area contributed by atoms with Gasteiger partial charge in [0.25, 0.3) is 0 Å². The van der Waals surface area contributed by atoms with Gasteiger partial charge in [-0.05, 0) is 38.1 Å². The van der Waals surface area contributed by atoms with E-state index in [1.165, 1.54) is 19.1 Å². The van der Waals surface area contributed by atoms with Crippen molar-refractivity contribution in [2.45, 2.75) is 45.6 Å². The van der Waals surface area contributed by atoms with Crippen LogP contribution in [0.3, 0.4) is 0 Å². The van der Waals surface area contributed by atoms with Gasteiger partial charge in [0, 0.05) is 31.9 Å². The Morgan fingerprint density at radius 1 is 1.26 bits per heavy atom. The van der Waals surface area contributed by atoms with Crippen LogP contribution < -0.4 is 5.32 Å². The van der Waals surface area contributed by atoms with Crippen molar-refractivity contribution in [1.29, 1.82) is 0 Å². The summed E-state index contributed by atoms with van der Waals surface area (Å²) < 4.78 is 22.4. The van der Waals surface area contributed by atoms with Gasteiger partial charge in [-0.3, -0.25) is 0 Å². The van der Waals surface area contributed by atoms with Crippen molar-refractivity contribution in [1.82, 2.24) is 10.2 Å². The molecule has 1 fully saturated rings. The molecule has 1 aliphatic carbocycles. The van der Waals surface area contributed by atoms with Crippen molar-refractivity contribution < 1.29 is 8.42 Å². The molecule has 19 heavy (non-hydrogen) atoms. The van der Waals surface area contributed by atoms with Crippen LogP contribution in [0.1, 0.15) is 39.5 Å². The summed E-state index contributed by atoms with van der Waals surface area (Å²) in [6, 6.07) is 0.735. The number of hydrogen-bond donors (Lipinski definition) is 1. The first-order valence-corrected chi connectivity index (χ1v) is 9.46. The molecule has 0 aromatic carbocycles. The Labute approximate surface area is 118 Å². The third kappa shape index (κ3) is 6.72. The Morgan fingerprint density at radius 2 is 1.84 bits per heavy atom. The fraction of sp³-hybridized carbons (Fsp3) is 1.00. The molecule has 0 radical (unpaired) electrons. The van der Waals surface area contributed by atoms with Gasteiger partial charge in [0.1, 0.15) is 9.84 Å². The third-order valence-electron chi connectivity index (χ3n) is 4.29. The van der Waals surface area contributed by atoms with Gasteiger partial charge in [-0.2, -0.15) is 0 Å². The van der Waals surface area contributed by atoms with Crippen molar-refractivity contribution in [2.24, 2.45) is 5.41 Å². The minimum absolute atomic E-state index is 0.253. The van der Waals surface area contributed by atoms with E-state index in [4.69, 9.17) is 0 Å². The summed E-state index contributed by atoms with van der Waals surface area (Å²) in [7, 11) is -0.831. The first-order valence-electron chi connectivity index (χ1n) is 7.40. The predicted octanol–water partition coefficient (Wildman–Crippen LogP) is 1.52. The van der Waals surface area contributed by atoms with Gasteiger partial charge in [-0.15, -0.1) is 0 Å². The van der Waals surface area contributed by atoms with Crippen LogP contribution in [0.15, 0.2) is 0 Å². The predicted molar refractivity (Wildman–Crippen MR) is 81.2 cm³/mol. The van der Waals surface area contributed by atoms with Crippen molar-refractivity contribution >= 4 is 9.84 Å². The Kier molecular flexibility index (Phi) is 6.27. The van der Waals surface area contributed by atoms with Crippen molar-refractivity contribution in [3.05, 3.63) is 0 Å². The average Bonchev–Trinajstić information content (AvgIpc) is 3.15. The summed E-state index contributed by atoms with van der Waals surface area (Å²) in [6.45, 7) is 7.12. The van der Waals surface area contributed by atoms with E-state index in [-0.39, 0.29) is 11.2 Å². The largest absolute Gasteiger partial charge is 0.313 e. The first-order chi connectivity index (χ1) is 8.80. The minimum Gasteiger partial charge on any atom is -0.313 e. The molecule has 0 aliphatic heterocycles. The maximum absolute atomic E-state index is 11.2. The van der Waals surface area contributed by atoms with Crippen LogP contribution >= 0.6 is 0 Å². The zero-order valence-corrected chi connectivity index (χ0v) is 13.7. The number of nitrogens with one attached hydrogen (secondary N) is 1. The van der Waals surface area contributed by atoms with E-state index in [1.807, 2.05) is 7.05 Å². The standard InChI is InChI=1S/C14H30N2O2S/c1-5-14(6-2,11-15-13-7-8-13)12-16(3)9-10-19(4,17)18/h13,15H,5-12H2,1-4H3. The lowest BCUT2D eigenvalue weighted by Crippen LogP contribution is -2.44. The average molecular weight is 290 g/mol. The molecule has 0 spiro atoms. The zero-order valence-electron chi connectivity index (χ0n) is 12.9. The van der Waals surface area contributed by atoms with Crippen LogP contribution in [0.2, 0.25) is 0 Å². The fourth-order valence-corrected chi connectivity index (χ4v) is 3.04. The molecular weight excluding hydrogens is 260 g/mol. The van der Waals surface area contributed by atoms with E-state index < -0.39 is 9.84 Å². The summed E-state index contributed by atoms with van der Waals surface area (Å²) in [6.07, 6.45) is 6.20. The molecule has 0 amide bonds. The lowest BCUT2D eigenvalue weighted by molar-refractivity contribution is 0.159. The third-order valence-corrected chi connectivity index (χ3v) is 5.22. The highest BCUT2D eigenvalue weighted by Crippen LogP contribution is 2.28. The van der Waals surface area contributed by atoms with Crippen molar-refractivity contribution in [2.75, 3.05) is 38.7 Å². The van der Waals surface area contributed by atoms with Crippen LogP contribution in [0.5, 0.6) is 0 Å². The Morgan fingerprint density at radius 3 is 2.26 bits per heavy atom. The highest BCUT2D eigenvalue weighted by atomic mass is 32.2. The van der Waals surface area contributed by atoms with E-state index in [1.54, 1.807) is 0 Å². The van der Waals surface area contributed by atoms with E-state index in [2.05, 4.69) is 24.1 Å². The molecule has 0 saturated heterocycles. The number of hydrogen-bond acceptors (Lipinski definition) is 4. The molecule has 0 heterocycles. The van der Waals surface area contributed by atoms with Crippen LogP contribution in [0.25, 0.3) is 0 Å². The summed E-state index contributed by atoms with van der Waals surface area (Å²) in [5.41, 5.74) is 0.273. The summed E-state index contributed by atoms with van der Waals surface area (Å²) in [5.74, 6) is 0.253. The SMILES string of the molecule is CCC(CC)(CNC1CC1)CN(C)CCS(C)(=O)=O. The van der Waals surface area contributed by atoms with Gasteiger partial charge in [0.2, 0.25) is 0 Å². The van der Waals surface area contributed by atoms with Gasteiger partial charge in [0.05, 0.1) is 5.75 Å². The van der Waals surface area contributed by atoms with Crippen molar-refractivity contribution in [3.8, 4) is 0 Å². The lowest BCUT2D eigenvalue weighted by Gasteiger charge is -2.36. The van der Waals surface area contributed by atoms with E-state index in [9.17, 15) is 8.42 Å². The highest BCUT2D eigenvalue weighted by Gasteiger charge is 2.30. The maximum Gasteiger partial charge on any atom is 0.148 e. The normalized spacial score (nSPS) is 17.1. The molecule has 0 aromatic rings. The van der Waals surface area contributed by atoms with E-state index in [0.29, 0.717) is 6.54 Å². The fourth-order valence-electron chi connectivity index (χ4n) is 2.40. The van der Waals surface area contributed by atoms with Crippen LogP contribution in [-0.4, -0.2) is 58.1 Å². The Hall–Kier alpha value is -0.130. The molecule has 1 N–H and O–H groups in total. The molecule has 1 saturated carbocycles. The molecule has 0 bridgehead atoms. The van der Waals surface area contributed by atoms with Gasteiger partial charge in [0.15, 0.2) is 0 Å². The first kappa shape index (κ1) is 16.9. The van der Waals surface area contributed by atoms with Gasteiger partial charge in [-0.1, -0.05) is 13.8 Å². The monoisotopic (exact) mass is 290 g/mol. The molecule has 0 atom stereocenters. The molecule has 4 nitrogen and oxygen atoms in total. The summed E-state index contributed by atoms with van der Waals surface area (Å²) >= 11 is 0. The van der Waals surface area contributed by atoms with Gasteiger partial charge < -0.3 is 10.2 Å². The molecule has 1 rings (SSSR count). The zero-order chi connectivity index (χ0) is 14.5. The molecule has 5 heteroatoms. The van der Waals surface area contributed by atoms with Crippen LogP contribution in [-0.2, 0) is 9.84 Å². The molecule has 0 aromatic heterocycles. The number of rotatable bonds is 10. The second-order valence-electron chi connectivity index (χ2n) is 6.23. The van der Waals surface area contributed by atoms with Crippen molar-refractivity contribution in [3.63, 3.8) is 0 Å². The van der Waals surface area contributed by atoms with E-state index in [0.717, 1.165) is 32.0 Å². The quantitative estimate of drug-likeness (QED) is 0.663. The Balaban J connectivity index is 2.45. The smallest absolute Gasteiger partial charge is 0.148 e. The second-order valence-corrected chi connectivity index (χ2v) is 8.49. The van der Waals surface area contributed by atoms with Gasteiger partial charge >= 0.3 is 0 Å². The molecular formula is C14H30N2O2S. The summed E-state index contributed by atoms with van der Waals surface area (Å²) in [5, 5.41) is 3.63. The highest BCUT2D eigenvalue weighted by molar-refractivity contribution is 7.90. The minimum atomic E-state index is -2.86. The second kappa shape index (κ2) is 7.04. The maximum atomic E-state index is 11.2. The number of sulfone groups is 1. The Bertz CT molecular complexity index is 360. The van der Waals surface area contributed by atoms with Crippen LogP contribution in [0, 0.1) is 5.41 Å². The molecule has 114 valence electrons. The topological polar surface area (TPSA) is 49.4 Å².